The van der Waals surface area contributed by atoms with Crippen molar-refractivity contribution in [1.29, 1.82) is 0 Å². The average molecular weight is 818 g/mol. The van der Waals surface area contributed by atoms with Crippen molar-refractivity contribution in [3.63, 3.8) is 0 Å². The van der Waals surface area contributed by atoms with E-state index in [1.165, 1.54) is 77.5 Å². The molecule has 1 heterocycles. The molecule has 10 aromatic carbocycles. The van der Waals surface area contributed by atoms with Crippen molar-refractivity contribution in [2.45, 2.75) is 24.7 Å². The minimum atomic E-state index is -0.530. The quantitative estimate of drug-likeness (QED) is 0.166. The number of anilines is 3. The molecule has 0 atom stereocenters. The highest BCUT2D eigenvalue weighted by Crippen LogP contribution is 2.57. The van der Waals surface area contributed by atoms with E-state index in [1.54, 1.807) is 0 Å². The molecule has 0 spiro atoms. The summed E-state index contributed by atoms with van der Waals surface area (Å²) in [6, 6.07) is 82.7. The minimum absolute atomic E-state index is 0.162. The second-order valence-electron chi connectivity index (χ2n) is 18.0. The summed E-state index contributed by atoms with van der Waals surface area (Å²) >= 11 is 0. The molecule has 0 bridgehead atoms. The van der Waals surface area contributed by atoms with Gasteiger partial charge in [0.2, 0.25) is 0 Å². The first kappa shape index (κ1) is 36.7. The zero-order valence-corrected chi connectivity index (χ0v) is 35.7. The molecule has 2 aliphatic carbocycles. The van der Waals surface area contributed by atoms with E-state index in [9.17, 15) is 0 Å². The number of benzene rings is 10. The normalized spacial score (nSPS) is 14.0. The molecule has 0 fully saturated rings. The van der Waals surface area contributed by atoms with Gasteiger partial charge in [0.25, 0.3) is 0 Å². The van der Waals surface area contributed by atoms with Crippen LogP contribution in [0.3, 0.4) is 0 Å². The third-order valence-electron chi connectivity index (χ3n) is 14.3. The van der Waals surface area contributed by atoms with Gasteiger partial charge < -0.3 is 9.32 Å². The van der Waals surface area contributed by atoms with Crippen molar-refractivity contribution in [3.05, 3.63) is 258 Å². The van der Waals surface area contributed by atoms with Crippen LogP contribution in [0.25, 0.3) is 66.1 Å². The SMILES string of the molecule is CC1(C)c2ccccc2-c2ccc(N(c3cccc(C4(c5ccccc5)c5ccccc5-c5ccccc54)c3)c3ccc4c(c3)oc3cc(-c5ccccc5)c5ccccc5c34)cc21. The maximum absolute atomic E-state index is 6.97. The molecule has 0 saturated heterocycles. The standard InChI is InChI=1S/C62H43NO/c1-61(2)54-29-14-11-25-47(54)50-34-32-44(37-57(50)61)63(45-33-35-52-58(38-45)64-59-39-53(40-18-5-3-6-19-40)46-24-9-10-28-51(46)60(52)59)43-23-17-22-42(36-43)62(41-20-7-4-8-21-41)55-30-15-12-26-48(55)49-27-13-16-31-56(49)62/h3-39H,1-2H3. The minimum Gasteiger partial charge on any atom is -0.456 e. The molecule has 1 aromatic heterocycles. The summed E-state index contributed by atoms with van der Waals surface area (Å²) in [5.41, 5.74) is 19.6. The molecule has 64 heavy (non-hydrogen) atoms. The number of rotatable bonds is 6. The van der Waals surface area contributed by atoms with Crippen LogP contribution in [0.2, 0.25) is 0 Å². The topological polar surface area (TPSA) is 16.4 Å². The van der Waals surface area contributed by atoms with Gasteiger partial charge in [-0.15, -0.1) is 0 Å². The van der Waals surface area contributed by atoms with Crippen LogP contribution < -0.4 is 4.90 Å². The summed E-state index contributed by atoms with van der Waals surface area (Å²) in [5, 5.41) is 4.66. The Labute approximate surface area is 373 Å². The van der Waals surface area contributed by atoms with E-state index < -0.39 is 5.41 Å². The molecule has 11 aromatic rings. The van der Waals surface area contributed by atoms with Crippen LogP contribution in [0.1, 0.15) is 47.2 Å². The number of furan rings is 1. The Kier molecular flexibility index (Phi) is 7.90. The lowest BCUT2D eigenvalue weighted by atomic mass is 9.67. The predicted octanol–water partition coefficient (Wildman–Crippen LogP) is 16.5. The van der Waals surface area contributed by atoms with E-state index >= 15 is 0 Å². The maximum Gasteiger partial charge on any atom is 0.137 e. The van der Waals surface area contributed by atoms with Gasteiger partial charge in [-0.2, -0.15) is 0 Å². The van der Waals surface area contributed by atoms with Crippen molar-refractivity contribution in [2.75, 3.05) is 4.90 Å². The van der Waals surface area contributed by atoms with Gasteiger partial charge in [0.1, 0.15) is 11.2 Å². The molecule has 0 saturated carbocycles. The fourth-order valence-electron chi connectivity index (χ4n) is 11.5. The largest absolute Gasteiger partial charge is 0.456 e. The van der Waals surface area contributed by atoms with Crippen LogP contribution in [0.15, 0.2) is 229 Å². The lowest BCUT2D eigenvalue weighted by Crippen LogP contribution is -2.28. The molecule has 0 N–H and O–H groups in total. The lowest BCUT2D eigenvalue weighted by molar-refractivity contribution is 0.660. The van der Waals surface area contributed by atoms with Gasteiger partial charge in [0.05, 0.1) is 5.41 Å². The van der Waals surface area contributed by atoms with E-state index in [-0.39, 0.29) is 5.41 Å². The van der Waals surface area contributed by atoms with E-state index in [1.807, 2.05) is 0 Å². The lowest BCUT2D eigenvalue weighted by Gasteiger charge is -2.35. The molecule has 0 unspecified atom stereocenters. The Morgan fingerprint density at radius 3 is 1.62 bits per heavy atom. The van der Waals surface area contributed by atoms with Gasteiger partial charge in [-0.25, -0.2) is 0 Å². The van der Waals surface area contributed by atoms with Crippen LogP contribution in [-0.4, -0.2) is 0 Å². The Balaban J connectivity index is 1.05. The summed E-state index contributed by atoms with van der Waals surface area (Å²) < 4.78 is 6.97. The van der Waals surface area contributed by atoms with Gasteiger partial charge in [-0.05, 0) is 120 Å². The van der Waals surface area contributed by atoms with Gasteiger partial charge in [0, 0.05) is 39.3 Å². The second-order valence-corrected chi connectivity index (χ2v) is 18.0. The number of fused-ring (bicyclic) bond motifs is 11. The van der Waals surface area contributed by atoms with Gasteiger partial charge in [-0.1, -0.05) is 190 Å². The zero-order chi connectivity index (χ0) is 42.6. The van der Waals surface area contributed by atoms with Gasteiger partial charge >= 0.3 is 0 Å². The van der Waals surface area contributed by atoms with Crippen molar-refractivity contribution in [1.82, 2.24) is 0 Å². The third-order valence-corrected chi connectivity index (χ3v) is 14.3. The zero-order valence-electron chi connectivity index (χ0n) is 35.7. The second kappa shape index (κ2) is 13.8. The van der Waals surface area contributed by atoms with E-state index in [4.69, 9.17) is 4.42 Å². The van der Waals surface area contributed by atoms with Crippen molar-refractivity contribution in [2.24, 2.45) is 0 Å². The summed E-state index contributed by atoms with van der Waals surface area (Å²) in [4.78, 5) is 2.44. The predicted molar refractivity (Wildman–Crippen MR) is 266 cm³/mol. The van der Waals surface area contributed by atoms with Crippen LogP contribution in [0, 0.1) is 0 Å². The van der Waals surface area contributed by atoms with Crippen molar-refractivity contribution < 1.29 is 4.42 Å². The highest BCUT2D eigenvalue weighted by molar-refractivity contribution is 6.22. The van der Waals surface area contributed by atoms with Crippen LogP contribution in [0.4, 0.5) is 17.1 Å². The number of hydrogen-bond acceptors (Lipinski definition) is 2. The van der Waals surface area contributed by atoms with Crippen molar-refractivity contribution >= 4 is 49.8 Å². The van der Waals surface area contributed by atoms with E-state index in [2.05, 4.69) is 243 Å². The fourth-order valence-corrected chi connectivity index (χ4v) is 11.5. The average Bonchev–Trinajstić information content (AvgIpc) is 3.95. The third kappa shape index (κ3) is 5.14. The molecule has 13 rings (SSSR count). The van der Waals surface area contributed by atoms with Crippen LogP contribution in [-0.2, 0) is 10.8 Å². The Bertz CT molecular complexity index is 3610. The van der Waals surface area contributed by atoms with E-state index in [0.717, 1.165) is 39.0 Å². The Morgan fingerprint density at radius 2 is 0.891 bits per heavy atom. The smallest absolute Gasteiger partial charge is 0.137 e. The van der Waals surface area contributed by atoms with E-state index in [0.29, 0.717) is 0 Å². The molecule has 2 heteroatoms. The summed E-state index contributed by atoms with van der Waals surface area (Å²) in [7, 11) is 0. The summed E-state index contributed by atoms with van der Waals surface area (Å²) in [6.07, 6.45) is 0. The molecular weight excluding hydrogens is 775 g/mol. The fraction of sp³-hybridized carbons (Fsp3) is 0.0645. The summed E-state index contributed by atoms with van der Waals surface area (Å²) in [6.45, 7) is 4.72. The van der Waals surface area contributed by atoms with Crippen LogP contribution in [0.5, 0.6) is 0 Å². The number of hydrogen-bond donors (Lipinski definition) is 0. The molecule has 0 amide bonds. The van der Waals surface area contributed by atoms with Crippen molar-refractivity contribution in [3.8, 4) is 33.4 Å². The maximum atomic E-state index is 6.97. The summed E-state index contributed by atoms with van der Waals surface area (Å²) in [5.74, 6) is 0. The monoisotopic (exact) mass is 817 g/mol. The first-order valence-corrected chi connectivity index (χ1v) is 22.3. The molecule has 0 aliphatic heterocycles. The first-order valence-electron chi connectivity index (χ1n) is 22.3. The Hall–Kier alpha value is -7.94. The number of nitrogens with zero attached hydrogens (tertiary/aromatic N) is 1. The molecule has 2 aliphatic rings. The molecular formula is C62H43NO. The molecule has 302 valence electrons. The van der Waals surface area contributed by atoms with Gasteiger partial charge in [-0.3, -0.25) is 0 Å². The Morgan fingerprint density at radius 1 is 0.344 bits per heavy atom. The highest BCUT2D eigenvalue weighted by Gasteiger charge is 2.46. The highest BCUT2D eigenvalue weighted by atomic mass is 16.3. The molecule has 2 nitrogen and oxygen atoms in total. The molecule has 0 radical (unpaired) electrons. The first-order chi connectivity index (χ1) is 31.5. The van der Waals surface area contributed by atoms with Crippen LogP contribution >= 0.6 is 0 Å². The van der Waals surface area contributed by atoms with Gasteiger partial charge in [0.15, 0.2) is 0 Å².